The van der Waals surface area contributed by atoms with Crippen molar-refractivity contribution in [2.75, 3.05) is 25.1 Å². The quantitative estimate of drug-likeness (QED) is 0.912. The number of ether oxygens (including phenoxy) is 2. The Morgan fingerprint density at radius 2 is 2.16 bits per heavy atom. The average Bonchev–Trinajstić information content (AvgIpc) is 2.65. The number of carbonyl (C=O) groups excluding carboxylic acids is 2. The van der Waals surface area contributed by atoms with Crippen molar-refractivity contribution in [3.8, 4) is 5.75 Å². The van der Waals surface area contributed by atoms with E-state index in [9.17, 15) is 9.59 Å². The molecule has 6 heteroatoms. The molecule has 1 N–H and O–H groups in total. The van der Waals surface area contributed by atoms with Gasteiger partial charge in [0.15, 0.2) is 6.61 Å². The van der Waals surface area contributed by atoms with Crippen molar-refractivity contribution < 1.29 is 19.1 Å². The molecule has 2 atom stereocenters. The molecule has 0 bridgehead atoms. The lowest BCUT2D eigenvalue weighted by atomic mass is 9.90. The second kappa shape index (κ2) is 7.04. The summed E-state index contributed by atoms with van der Waals surface area (Å²) in [6.45, 7) is 1.32. The molecule has 134 valence electrons. The fourth-order valence-corrected chi connectivity index (χ4v) is 4.08. The van der Waals surface area contributed by atoms with Crippen LogP contribution in [0.3, 0.4) is 0 Å². The minimum absolute atomic E-state index is 0.0335. The van der Waals surface area contributed by atoms with Gasteiger partial charge in [0.05, 0.1) is 18.8 Å². The number of nitrogens with zero attached hydrogens (tertiary/aromatic N) is 1. The van der Waals surface area contributed by atoms with E-state index in [1.807, 2.05) is 17.0 Å². The lowest BCUT2D eigenvalue weighted by Gasteiger charge is -2.43. The van der Waals surface area contributed by atoms with Crippen LogP contribution in [-0.4, -0.2) is 48.6 Å². The van der Waals surface area contributed by atoms with E-state index in [0.717, 1.165) is 30.5 Å². The Bertz CT molecular complexity index is 673. The Labute approximate surface area is 147 Å². The van der Waals surface area contributed by atoms with Crippen molar-refractivity contribution in [3.05, 3.63) is 23.8 Å². The van der Waals surface area contributed by atoms with Gasteiger partial charge in [0.1, 0.15) is 5.75 Å². The second-order valence-corrected chi connectivity index (χ2v) is 7.00. The molecule has 2 amide bonds. The number of fused-ring (bicyclic) bond motifs is 2. The highest BCUT2D eigenvalue weighted by Gasteiger charge is 2.36. The van der Waals surface area contributed by atoms with E-state index in [1.54, 1.807) is 6.07 Å². The first-order chi connectivity index (χ1) is 12.2. The van der Waals surface area contributed by atoms with Gasteiger partial charge in [-0.25, -0.2) is 0 Å². The van der Waals surface area contributed by atoms with Gasteiger partial charge in [-0.2, -0.15) is 0 Å². The maximum Gasteiger partial charge on any atom is 0.260 e. The van der Waals surface area contributed by atoms with E-state index in [2.05, 4.69) is 5.32 Å². The summed E-state index contributed by atoms with van der Waals surface area (Å²) in [5.41, 5.74) is 1.90. The van der Waals surface area contributed by atoms with Crippen LogP contribution in [0.1, 0.15) is 37.7 Å². The largest absolute Gasteiger partial charge is 0.484 e. The lowest BCUT2D eigenvalue weighted by Crippen LogP contribution is -2.55. The molecule has 2 heterocycles. The van der Waals surface area contributed by atoms with E-state index in [1.165, 1.54) is 6.42 Å². The summed E-state index contributed by atoms with van der Waals surface area (Å²) >= 11 is 0. The number of amides is 2. The smallest absolute Gasteiger partial charge is 0.260 e. The molecule has 0 radical (unpaired) electrons. The molecule has 0 spiro atoms. The maximum atomic E-state index is 12.6. The summed E-state index contributed by atoms with van der Waals surface area (Å²) in [5.74, 6) is 0.758. The summed E-state index contributed by atoms with van der Waals surface area (Å²) in [5, 5.41) is 2.85. The Morgan fingerprint density at radius 1 is 1.28 bits per heavy atom. The zero-order valence-corrected chi connectivity index (χ0v) is 14.3. The summed E-state index contributed by atoms with van der Waals surface area (Å²) in [6.07, 6.45) is 5.81. The number of anilines is 1. The van der Waals surface area contributed by atoms with Gasteiger partial charge in [-0.3, -0.25) is 9.59 Å². The summed E-state index contributed by atoms with van der Waals surface area (Å²) in [7, 11) is 0. The third-order valence-corrected chi connectivity index (χ3v) is 5.39. The number of hydrogen-bond acceptors (Lipinski definition) is 4. The standard InChI is InChI=1S/C19H24N2O4/c22-18-8-5-13-11-14(6-7-15(13)20-18)25-12-19(23)21-9-10-24-17-4-2-1-3-16(17)21/h6-7,11,16-17H,1-5,8-10,12H2,(H,20,22). The highest BCUT2D eigenvalue weighted by molar-refractivity contribution is 5.94. The number of nitrogens with one attached hydrogen (secondary N) is 1. The predicted molar refractivity (Wildman–Crippen MR) is 92.6 cm³/mol. The fraction of sp³-hybridized carbons (Fsp3) is 0.579. The van der Waals surface area contributed by atoms with E-state index in [0.29, 0.717) is 31.7 Å². The molecule has 3 aliphatic rings. The summed E-state index contributed by atoms with van der Waals surface area (Å²) in [6, 6.07) is 5.78. The van der Waals surface area contributed by atoms with Gasteiger partial charge in [0.2, 0.25) is 5.91 Å². The van der Waals surface area contributed by atoms with Crippen LogP contribution in [0.15, 0.2) is 18.2 Å². The lowest BCUT2D eigenvalue weighted by molar-refractivity contribution is -0.151. The molecule has 1 aromatic carbocycles. The predicted octanol–water partition coefficient (Wildman–Crippen LogP) is 2.12. The second-order valence-electron chi connectivity index (χ2n) is 7.00. The molecule has 2 aliphatic heterocycles. The van der Waals surface area contributed by atoms with Crippen LogP contribution >= 0.6 is 0 Å². The van der Waals surface area contributed by atoms with Crippen molar-refractivity contribution in [1.29, 1.82) is 0 Å². The SMILES string of the molecule is O=C1CCc2cc(OCC(=O)N3CCOC4CCCCC43)ccc2N1. The van der Waals surface area contributed by atoms with Crippen molar-refractivity contribution in [2.45, 2.75) is 50.7 Å². The molecule has 0 aromatic heterocycles. The van der Waals surface area contributed by atoms with Crippen LogP contribution in [0.5, 0.6) is 5.75 Å². The van der Waals surface area contributed by atoms with Gasteiger partial charge in [-0.15, -0.1) is 0 Å². The van der Waals surface area contributed by atoms with Gasteiger partial charge in [0, 0.05) is 18.7 Å². The number of rotatable bonds is 3. The van der Waals surface area contributed by atoms with Crippen molar-refractivity contribution >= 4 is 17.5 Å². The molecule has 1 aliphatic carbocycles. The topological polar surface area (TPSA) is 67.9 Å². The molecule has 2 fully saturated rings. The molecule has 1 aromatic rings. The molecule has 1 saturated heterocycles. The Morgan fingerprint density at radius 3 is 3.08 bits per heavy atom. The Kier molecular flexibility index (Phi) is 4.61. The van der Waals surface area contributed by atoms with Gasteiger partial charge in [-0.1, -0.05) is 12.8 Å². The highest BCUT2D eigenvalue weighted by Crippen LogP contribution is 2.29. The fourth-order valence-electron chi connectivity index (χ4n) is 4.08. The van der Waals surface area contributed by atoms with Crippen LogP contribution in [0, 0.1) is 0 Å². The van der Waals surface area contributed by atoms with E-state index >= 15 is 0 Å². The molecule has 4 rings (SSSR count). The minimum Gasteiger partial charge on any atom is -0.484 e. The molecule has 2 unspecified atom stereocenters. The van der Waals surface area contributed by atoms with Crippen LogP contribution in [-0.2, 0) is 20.7 Å². The third-order valence-electron chi connectivity index (χ3n) is 5.39. The van der Waals surface area contributed by atoms with E-state index in [-0.39, 0.29) is 30.6 Å². The third kappa shape index (κ3) is 3.49. The number of benzene rings is 1. The number of hydrogen-bond donors (Lipinski definition) is 1. The van der Waals surface area contributed by atoms with Crippen molar-refractivity contribution in [2.24, 2.45) is 0 Å². The minimum atomic E-state index is 0.0335. The van der Waals surface area contributed by atoms with Gasteiger partial charge < -0.3 is 19.7 Å². The normalized spacial score (nSPS) is 25.6. The zero-order valence-electron chi connectivity index (χ0n) is 14.3. The van der Waals surface area contributed by atoms with E-state index < -0.39 is 0 Å². The molecular formula is C19H24N2O4. The van der Waals surface area contributed by atoms with Crippen molar-refractivity contribution in [1.82, 2.24) is 4.90 Å². The summed E-state index contributed by atoms with van der Waals surface area (Å²) in [4.78, 5) is 26.0. The van der Waals surface area contributed by atoms with Crippen LogP contribution in [0.25, 0.3) is 0 Å². The average molecular weight is 344 g/mol. The summed E-state index contributed by atoms with van der Waals surface area (Å²) < 4.78 is 11.6. The molecule has 6 nitrogen and oxygen atoms in total. The number of morpholine rings is 1. The Balaban J connectivity index is 1.37. The molecular weight excluding hydrogens is 320 g/mol. The van der Waals surface area contributed by atoms with Gasteiger partial charge >= 0.3 is 0 Å². The number of aryl methyl sites for hydroxylation is 1. The number of carbonyl (C=O) groups is 2. The maximum absolute atomic E-state index is 12.6. The molecule has 1 saturated carbocycles. The first-order valence-electron chi connectivity index (χ1n) is 9.17. The van der Waals surface area contributed by atoms with Crippen LogP contribution in [0.2, 0.25) is 0 Å². The van der Waals surface area contributed by atoms with Crippen LogP contribution < -0.4 is 10.1 Å². The van der Waals surface area contributed by atoms with Gasteiger partial charge in [0.25, 0.3) is 5.91 Å². The monoisotopic (exact) mass is 344 g/mol. The highest BCUT2D eigenvalue weighted by atomic mass is 16.5. The van der Waals surface area contributed by atoms with Crippen molar-refractivity contribution in [3.63, 3.8) is 0 Å². The zero-order chi connectivity index (χ0) is 17.2. The first-order valence-corrected chi connectivity index (χ1v) is 9.17. The van der Waals surface area contributed by atoms with Crippen LogP contribution in [0.4, 0.5) is 5.69 Å². The van der Waals surface area contributed by atoms with Gasteiger partial charge in [-0.05, 0) is 43.0 Å². The molecule has 25 heavy (non-hydrogen) atoms. The van der Waals surface area contributed by atoms with E-state index in [4.69, 9.17) is 9.47 Å². The Hall–Kier alpha value is -2.08. The first kappa shape index (κ1) is 16.4.